The van der Waals surface area contributed by atoms with Gasteiger partial charge in [0.2, 0.25) is 5.89 Å². The van der Waals surface area contributed by atoms with E-state index in [4.69, 9.17) is 14.4 Å². The summed E-state index contributed by atoms with van der Waals surface area (Å²) in [6, 6.07) is 14.2. The lowest BCUT2D eigenvalue weighted by Gasteiger charge is -2.27. The van der Waals surface area contributed by atoms with Crippen molar-refractivity contribution >= 4 is 11.3 Å². The van der Waals surface area contributed by atoms with E-state index in [1.807, 2.05) is 48.8 Å². The molecule has 0 atom stereocenters. The molecular formula is C22H20N4OS. The molecule has 0 radical (unpaired) electrons. The average molecular weight is 388 g/mol. The smallest absolute Gasteiger partial charge is 0.236 e. The summed E-state index contributed by atoms with van der Waals surface area (Å²) >= 11 is 1.65. The SMILES string of the molecule is Cc1oc(-c2cccs2)nc1CN1CCc2nc(-c3ccccc3)ncc2C1. The van der Waals surface area contributed by atoms with E-state index in [1.54, 1.807) is 11.3 Å². The fourth-order valence-corrected chi connectivity index (χ4v) is 4.18. The lowest BCUT2D eigenvalue weighted by Crippen LogP contribution is -2.31. The average Bonchev–Trinajstić information content (AvgIpc) is 3.39. The standard InChI is InChI=1S/C22H20N4OS/c1-15-19(25-22(27-15)20-8-5-11-28-20)14-26-10-9-18-17(13-26)12-23-21(24-18)16-6-3-2-4-7-16/h2-8,11-12H,9-10,13-14H2,1H3. The van der Waals surface area contributed by atoms with Crippen molar-refractivity contribution in [3.05, 3.63) is 76.8 Å². The second-order valence-corrected chi connectivity index (χ2v) is 7.94. The molecule has 3 aromatic heterocycles. The lowest BCUT2D eigenvalue weighted by atomic mass is 10.1. The maximum atomic E-state index is 5.88. The van der Waals surface area contributed by atoms with Gasteiger partial charge in [0, 0.05) is 43.4 Å². The zero-order valence-electron chi connectivity index (χ0n) is 15.6. The van der Waals surface area contributed by atoms with E-state index >= 15 is 0 Å². The normalized spacial score (nSPS) is 14.2. The molecular weight excluding hydrogens is 368 g/mol. The Morgan fingerprint density at radius 1 is 1.11 bits per heavy atom. The minimum Gasteiger partial charge on any atom is -0.440 e. The van der Waals surface area contributed by atoms with E-state index in [9.17, 15) is 0 Å². The highest BCUT2D eigenvalue weighted by molar-refractivity contribution is 7.13. The van der Waals surface area contributed by atoms with E-state index in [0.717, 1.165) is 65.4 Å². The number of oxazole rings is 1. The molecule has 5 nitrogen and oxygen atoms in total. The molecule has 0 saturated heterocycles. The molecule has 1 aliphatic heterocycles. The molecule has 1 aliphatic rings. The van der Waals surface area contributed by atoms with Crippen LogP contribution in [0.2, 0.25) is 0 Å². The van der Waals surface area contributed by atoms with Gasteiger partial charge < -0.3 is 4.42 Å². The van der Waals surface area contributed by atoms with Crippen LogP contribution in [0.15, 0.2) is 58.5 Å². The monoisotopic (exact) mass is 388 g/mol. The summed E-state index contributed by atoms with van der Waals surface area (Å²) in [6.07, 6.45) is 2.90. The number of thiophene rings is 1. The van der Waals surface area contributed by atoms with Crippen LogP contribution in [0.5, 0.6) is 0 Å². The van der Waals surface area contributed by atoms with Crippen molar-refractivity contribution in [1.29, 1.82) is 0 Å². The zero-order valence-corrected chi connectivity index (χ0v) is 16.4. The van der Waals surface area contributed by atoms with Gasteiger partial charge in [-0.25, -0.2) is 15.0 Å². The zero-order chi connectivity index (χ0) is 18.9. The highest BCUT2D eigenvalue weighted by Gasteiger charge is 2.21. The fraction of sp³-hybridized carbons (Fsp3) is 0.227. The predicted octanol–water partition coefficient (Wildman–Crippen LogP) is 4.73. The Balaban J connectivity index is 1.33. The van der Waals surface area contributed by atoms with Gasteiger partial charge in [0.25, 0.3) is 0 Å². The highest BCUT2D eigenvalue weighted by atomic mass is 32.1. The van der Waals surface area contributed by atoms with E-state index in [1.165, 1.54) is 5.56 Å². The van der Waals surface area contributed by atoms with Crippen LogP contribution in [0.1, 0.15) is 22.7 Å². The first-order valence-electron chi connectivity index (χ1n) is 9.39. The Labute approximate surface area is 167 Å². The number of aryl methyl sites for hydroxylation is 1. The summed E-state index contributed by atoms with van der Waals surface area (Å²) in [5.41, 5.74) is 4.42. The lowest BCUT2D eigenvalue weighted by molar-refractivity contribution is 0.239. The topological polar surface area (TPSA) is 55.1 Å². The summed E-state index contributed by atoms with van der Waals surface area (Å²) < 4.78 is 5.88. The second-order valence-electron chi connectivity index (χ2n) is 6.99. The summed E-state index contributed by atoms with van der Waals surface area (Å²) in [4.78, 5) is 17.6. The summed E-state index contributed by atoms with van der Waals surface area (Å²) in [7, 11) is 0. The van der Waals surface area contributed by atoms with Crippen molar-refractivity contribution in [1.82, 2.24) is 19.9 Å². The Morgan fingerprint density at radius 3 is 2.82 bits per heavy atom. The number of nitrogens with zero attached hydrogens (tertiary/aromatic N) is 4. The molecule has 0 saturated carbocycles. The molecule has 5 rings (SSSR count). The van der Waals surface area contributed by atoms with Gasteiger partial charge in [-0.15, -0.1) is 11.3 Å². The number of fused-ring (bicyclic) bond motifs is 1. The molecule has 0 amide bonds. The van der Waals surface area contributed by atoms with Crippen LogP contribution < -0.4 is 0 Å². The van der Waals surface area contributed by atoms with Gasteiger partial charge in [0.15, 0.2) is 5.82 Å². The van der Waals surface area contributed by atoms with Crippen LogP contribution in [0.25, 0.3) is 22.2 Å². The molecule has 6 heteroatoms. The molecule has 0 unspecified atom stereocenters. The van der Waals surface area contributed by atoms with Crippen molar-refractivity contribution in [3.8, 4) is 22.2 Å². The van der Waals surface area contributed by atoms with Gasteiger partial charge in [-0.3, -0.25) is 4.90 Å². The third-order valence-corrected chi connectivity index (χ3v) is 5.90. The predicted molar refractivity (Wildman–Crippen MR) is 110 cm³/mol. The number of hydrogen-bond donors (Lipinski definition) is 0. The molecule has 0 N–H and O–H groups in total. The van der Waals surface area contributed by atoms with Crippen molar-refractivity contribution in [2.75, 3.05) is 6.54 Å². The van der Waals surface area contributed by atoms with Gasteiger partial charge in [-0.05, 0) is 18.4 Å². The van der Waals surface area contributed by atoms with Gasteiger partial charge in [0.1, 0.15) is 5.76 Å². The van der Waals surface area contributed by atoms with Crippen LogP contribution in [0, 0.1) is 6.92 Å². The molecule has 1 aromatic carbocycles. The first kappa shape index (κ1) is 17.3. The van der Waals surface area contributed by atoms with Gasteiger partial charge in [-0.1, -0.05) is 36.4 Å². The van der Waals surface area contributed by atoms with Crippen molar-refractivity contribution < 1.29 is 4.42 Å². The number of benzene rings is 1. The molecule has 4 aromatic rings. The van der Waals surface area contributed by atoms with Crippen LogP contribution in [-0.4, -0.2) is 26.4 Å². The largest absolute Gasteiger partial charge is 0.440 e. The van der Waals surface area contributed by atoms with Crippen molar-refractivity contribution in [3.63, 3.8) is 0 Å². The molecule has 0 bridgehead atoms. The Morgan fingerprint density at radius 2 is 2.00 bits per heavy atom. The van der Waals surface area contributed by atoms with E-state index < -0.39 is 0 Å². The van der Waals surface area contributed by atoms with E-state index in [-0.39, 0.29) is 0 Å². The Bertz CT molecular complexity index is 1090. The molecule has 28 heavy (non-hydrogen) atoms. The minimum absolute atomic E-state index is 0.718. The Hall–Kier alpha value is -2.83. The molecule has 0 fully saturated rings. The molecule has 4 heterocycles. The van der Waals surface area contributed by atoms with E-state index in [2.05, 4.69) is 22.0 Å². The van der Waals surface area contributed by atoms with Crippen molar-refractivity contribution in [2.45, 2.75) is 26.4 Å². The summed E-state index contributed by atoms with van der Waals surface area (Å²) in [5, 5.41) is 2.04. The summed E-state index contributed by atoms with van der Waals surface area (Å²) in [6.45, 7) is 4.57. The minimum atomic E-state index is 0.718. The van der Waals surface area contributed by atoms with Gasteiger partial charge in [0.05, 0.1) is 16.3 Å². The van der Waals surface area contributed by atoms with Crippen LogP contribution in [0.4, 0.5) is 0 Å². The van der Waals surface area contributed by atoms with E-state index in [0.29, 0.717) is 0 Å². The number of hydrogen-bond acceptors (Lipinski definition) is 6. The molecule has 0 spiro atoms. The van der Waals surface area contributed by atoms with Crippen LogP contribution >= 0.6 is 11.3 Å². The first-order chi connectivity index (χ1) is 13.8. The third-order valence-electron chi connectivity index (χ3n) is 5.04. The maximum absolute atomic E-state index is 5.88. The van der Waals surface area contributed by atoms with Crippen molar-refractivity contribution in [2.24, 2.45) is 0 Å². The molecule has 140 valence electrons. The van der Waals surface area contributed by atoms with Gasteiger partial charge in [-0.2, -0.15) is 0 Å². The van der Waals surface area contributed by atoms with Crippen LogP contribution in [0.3, 0.4) is 0 Å². The summed E-state index contributed by atoms with van der Waals surface area (Å²) in [5.74, 6) is 2.42. The van der Waals surface area contributed by atoms with Gasteiger partial charge >= 0.3 is 0 Å². The third kappa shape index (κ3) is 3.37. The molecule has 0 aliphatic carbocycles. The maximum Gasteiger partial charge on any atom is 0.236 e. The Kier molecular flexibility index (Phi) is 4.50. The number of rotatable bonds is 4. The number of aromatic nitrogens is 3. The first-order valence-corrected chi connectivity index (χ1v) is 10.3. The quantitative estimate of drug-likeness (QED) is 0.506. The van der Waals surface area contributed by atoms with Crippen LogP contribution in [-0.2, 0) is 19.5 Å². The highest BCUT2D eigenvalue weighted by Crippen LogP contribution is 2.27. The fourth-order valence-electron chi connectivity index (χ4n) is 3.53. The second kappa shape index (κ2) is 7.30.